The standard InChI is InChI=1S/C15H11ClF3NO/c16-13-8-11(15(17,18)19)6-7-12(13)14(21)20-9-10-4-2-1-3-5-10/h1-8H,9H2,(H,20,21). The largest absolute Gasteiger partial charge is 0.416 e. The van der Waals surface area contributed by atoms with Gasteiger partial charge in [0.2, 0.25) is 0 Å². The Kier molecular flexibility index (Phi) is 4.53. The number of halogens is 4. The summed E-state index contributed by atoms with van der Waals surface area (Å²) in [6.07, 6.45) is -4.48. The maximum absolute atomic E-state index is 12.5. The van der Waals surface area contributed by atoms with Crippen molar-refractivity contribution in [3.63, 3.8) is 0 Å². The van der Waals surface area contributed by atoms with Crippen LogP contribution in [0.5, 0.6) is 0 Å². The van der Waals surface area contributed by atoms with Crippen molar-refractivity contribution in [3.05, 3.63) is 70.2 Å². The predicted octanol–water partition coefficient (Wildman–Crippen LogP) is 4.29. The van der Waals surface area contributed by atoms with E-state index in [1.54, 1.807) is 0 Å². The van der Waals surface area contributed by atoms with E-state index >= 15 is 0 Å². The summed E-state index contributed by atoms with van der Waals surface area (Å²) in [7, 11) is 0. The molecule has 2 nitrogen and oxygen atoms in total. The predicted molar refractivity (Wildman–Crippen MR) is 74.1 cm³/mol. The van der Waals surface area contributed by atoms with Gasteiger partial charge >= 0.3 is 6.18 Å². The molecule has 1 amide bonds. The van der Waals surface area contributed by atoms with Gasteiger partial charge in [0, 0.05) is 6.54 Å². The van der Waals surface area contributed by atoms with Gasteiger partial charge < -0.3 is 5.32 Å². The van der Waals surface area contributed by atoms with Crippen molar-refractivity contribution in [2.75, 3.05) is 0 Å². The third-order valence-corrected chi connectivity index (χ3v) is 3.15. The number of rotatable bonds is 3. The van der Waals surface area contributed by atoms with Gasteiger partial charge in [-0.3, -0.25) is 4.79 Å². The highest BCUT2D eigenvalue weighted by molar-refractivity contribution is 6.33. The Bertz CT molecular complexity index is 641. The third-order valence-electron chi connectivity index (χ3n) is 2.84. The second-order valence-electron chi connectivity index (χ2n) is 4.36. The molecule has 0 saturated heterocycles. The Balaban J connectivity index is 2.09. The van der Waals surface area contributed by atoms with Gasteiger partial charge in [0.25, 0.3) is 5.91 Å². The lowest BCUT2D eigenvalue weighted by molar-refractivity contribution is -0.137. The normalized spacial score (nSPS) is 11.2. The fraction of sp³-hybridized carbons (Fsp3) is 0.133. The minimum absolute atomic E-state index is 0.0144. The SMILES string of the molecule is O=C(NCc1ccccc1)c1ccc(C(F)(F)F)cc1Cl. The van der Waals surface area contributed by atoms with Crippen molar-refractivity contribution in [3.8, 4) is 0 Å². The Morgan fingerprint density at radius 2 is 1.76 bits per heavy atom. The van der Waals surface area contributed by atoms with E-state index in [4.69, 9.17) is 11.6 Å². The highest BCUT2D eigenvalue weighted by atomic mass is 35.5. The molecule has 0 fully saturated rings. The summed E-state index contributed by atoms with van der Waals surface area (Å²) in [5.41, 5.74) is 0.0154. The number of alkyl halides is 3. The first kappa shape index (κ1) is 15.4. The lowest BCUT2D eigenvalue weighted by Crippen LogP contribution is -2.23. The minimum Gasteiger partial charge on any atom is -0.348 e. The van der Waals surface area contributed by atoms with E-state index in [1.807, 2.05) is 30.3 Å². The van der Waals surface area contributed by atoms with Crippen LogP contribution < -0.4 is 5.32 Å². The number of amides is 1. The second kappa shape index (κ2) is 6.18. The zero-order valence-corrected chi connectivity index (χ0v) is 11.5. The van der Waals surface area contributed by atoms with E-state index in [9.17, 15) is 18.0 Å². The number of benzene rings is 2. The van der Waals surface area contributed by atoms with Crippen molar-refractivity contribution in [2.24, 2.45) is 0 Å². The average Bonchev–Trinajstić information content (AvgIpc) is 2.45. The molecule has 6 heteroatoms. The lowest BCUT2D eigenvalue weighted by Gasteiger charge is -2.10. The van der Waals surface area contributed by atoms with Gasteiger partial charge in [-0.15, -0.1) is 0 Å². The number of hydrogen-bond acceptors (Lipinski definition) is 1. The van der Waals surface area contributed by atoms with Crippen LogP contribution >= 0.6 is 11.6 Å². The maximum Gasteiger partial charge on any atom is 0.416 e. The quantitative estimate of drug-likeness (QED) is 0.900. The molecule has 0 spiro atoms. The molecule has 0 aliphatic carbocycles. The average molecular weight is 314 g/mol. The van der Waals surface area contributed by atoms with Gasteiger partial charge in [-0.25, -0.2) is 0 Å². The summed E-state index contributed by atoms with van der Waals surface area (Å²) in [5.74, 6) is -0.516. The molecule has 0 radical (unpaired) electrons. The van der Waals surface area contributed by atoms with Crippen LogP contribution in [-0.2, 0) is 12.7 Å². The van der Waals surface area contributed by atoms with E-state index in [0.717, 1.165) is 23.8 Å². The molecule has 0 aliphatic rings. The van der Waals surface area contributed by atoms with Gasteiger partial charge in [-0.1, -0.05) is 41.9 Å². The van der Waals surface area contributed by atoms with Crippen molar-refractivity contribution in [2.45, 2.75) is 12.7 Å². The topological polar surface area (TPSA) is 29.1 Å². The molecule has 2 rings (SSSR count). The van der Waals surface area contributed by atoms with Crippen molar-refractivity contribution >= 4 is 17.5 Å². The number of nitrogens with one attached hydrogen (secondary N) is 1. The molecular weight excluding hydrogens is 303 g/mol. The van der Waals surface area contributed by atoms with E-state index in [0.29, 0.717) is 0 Å². The molecule has 0 saturated carbocycles. The van der Waals surface area contributed by atoms with Crippen LogP contribution in [0.15, 0.2) is 48.5 Å². The summed E-state index contributed by atoms with van der Waals surface area (Å²) < 4.78 is 37.5. The summed E-state index contributed by atoms with van der Waals surface area (Å²) in [5, 5.41) is 2.38. The minimum atomic E-state index is -4.48. The van der Waals surface area contributed by atoms with Crippen LogP contribution in [0, 0.1) is 0 Å². The molecule has 110 valence electrons. The van der Waals surface area contributed by atoms with Crippen LogP contribution in [0.4, 0.5) is 13.2 Å². The Morgan fingerprint density at radius 3 is 2.33 bits per heavy atom. The Morgan fingerprint density at radius 1 is 1.10 bits per heavy atom. The molecule has 0 unspecified atom stereocenters. The van der Waals surface area contributed by atoms with Crippen LogP contribution in [0.3, 0.4) is 0 Å². The lowest BCUT2D eigenvalue weighted by atomic mass is 10.1. The molecule has 0 heterocycles. The first-order chi connectivity index (χ1) is 9.88. The number of hydrogen-bond donors (Lipinski definition) is 1. The highest BCUT2D eigenvalue weighted by Crippen LogP contribution is 2.32. The number of carbonyl (C=O) groups excluding carboxylic acids is 1. The van der Waals surface area contributed by atoms with Gasteiger partial charge in [-0.2, -0.15) is 13.2 Å². The highest BCUT2D eigenvalue weighted by Gasteiger charge is 2.31. The monoisotopic (exact) mass is 313 g/mol. The van der Waals surface area contributed by atoms with E-state index < -0.39 is 17.6 Å². The molecule has 0 atom stereocenters. The van der Waals surface area contributed by atoms with Crippen LogP contribution in [0.2, 0.25) is 5.02 Å². The molecule has 0 aromatic heterocycles. The first-order valence-electron chi connectivity index (χ1n) is 6.07. The summed E-state index contributed by atoms with van der Waals surface area (Å²) in [4.78, 5) is 11.9. The summed E-state index contributed by atoms with van der Waals surface area (Å²) in [6.45, 7) is 0.275. The van der Waals surface area contributed by atoms with Crippen molar-refractivity contribution in [1.29, 1.82) is 0 Å². The van der Waals surface area contributed by atoms with Crippen molar-refractivity contribution in [1.82, 2.24) is 5.32 Å². The third kappa shape index (κ3) is 3.98. The molecular formula is C15H11ClF3NO. The van der Waals surface area contributed by atoms with Crippen LogP contribution in [-0.4, -0.2) is 5.91 Å². The molecule has 1 N–H and O–H groups in total. The summed E-state index contributed by atoms with van der Waals surface area (Å²) >= 11 is 5.75. The zero-order chi connectivity index (χ0) is 15.5. The molecule has 0 bridgehead atoms. The Hall–Kier alpha value is -2.01. The van der Waals surface area contributed by atoms with E-state index in [1.165, 1.54) is 0 Å². The first-order valence-corrected chi connectivity index (χ1v) is 6.44. The van der Waals surface area contributed by atoms with Gasteiger partial charge in [0.05, 0.1) is 16.1 Å². The molecule has 0 aliphatic heterocycles. The van der Waals surface area contributed by atoms with E-state index in [-0.39, 0.29) is 17.1 Å². The van der Waals surface area contributed by atoms with Crippen LogP contribution in [0.25, 0.3) is 0 Å². The fourth-order valence-electron chi connectivity index (χ4n) is 1.75. The molecule has 2 aromatic rings. The molecule has 21 heavy (non-hydrogen) atoms. The Labute approximate surface area is 124 Å². The van der Waals surface area contributed by atoms with Gasteiger partial charge in [0.15, 0.2) is 0 Å². The summed E-state index contributed by atoms with van der Waals surface area (Å²) in [6, 6.07) is 11.8. The second-order valence-corrected chi connectivity index (χ2v) is 4.77. The van der Waals surface area contributed by atoms with Gasteiger partial charge in [-0.05, 0) is 23.8 Å². The smallest absolute Gasteiger partial charge is 0.348 e. The zero-order valence-electron chi connectivity index (χ0n) is 10.7. The van der Waals surface area contributed by atoms with Crippen LogP contribution in [0.1, 0.15) is 21.5 Å². The number of carbonyl (C=O) groups is 1. The molecule has 2 aromatic carbocycles. The van der Waals surface area contributed by atoms with Gasteiger partial charge in [0.1, 0.15) is 0 Å². The van der Waals surface area contributed by atoms with E-state index in [2.05, 4.69) is 5.32 Å². The fourth-order valence-corrected chi connectivity index (χ4v) is 2.02. The maximum atomic E-state index is 12.5. The van der Waals surface area contributed by atoms with Crippen molar-refractivity contribution < 1.29 is 18.0 Å².